The van der Waals surface area contributed by atoms with E-state index in [4.69, 9.17) is 0 Å². The molecule has 0 radical (unpaired) electrons. The minimum atomic E-state index is 0.215. The molecule has 0 aromatic heterocycles. The van der Waals surface area contributed by atoms with E-state index in [0.29, 0.717) is 0 Å². The molecule has 0 unspecified atom stereocenters. The fourth-order valence-electron chi connectivity index (χ4n) is 6.61. The maximum Gasteiger partial charge on any atom is 0.248 e. The number of rotatable bonds is 4. The van der Waals surface area contributed by atoms with Gasteiger partial charge in [-0.05, 0) is 95.2 Å². The largest absolute Gasteiger partial charge is 0.311 e. The van der Waals surface area contributed by atoms with Crippen LogP contribution in [0.3, 0.4) is 0 Å². The van der Waals surface area contributed by atoms with E-state index < -0.39 is 0 Å². The van der Waals surface area contributed by atoms with Crippen molar-refractivity contribution in [2.24, 2.45) is 0 Å². The number of fused-ring (bicyclic) bond motifs is 5. The minimum Gasteiger partial charge on any atom is -0.311 e. The summed E-state index contributed by atoms with van der Waals surface area (Å²) in [5.74, 6) is 0. The molecule has 0 saturated carbocycles. The van der Waals surface area contributed by atoms with Gasteiger partial charge in [0.25, 0.3) is 0 Å². The lowest BCUT2D eigenvalue weighted by Crippen LogP contribution is -2.54. The lowest BCUT2D eigenvalue weighted by Gasteiger charge is -2.36. The molecule has 0 amide bonds. The van der Waals surface area contributed by atoms with E-state index in [2.05, 4.69) is 162 Å². The lowest BCUT2D eigenvalue weighted by molar-refractivity contribution is 1.28. The zero-order valence-electron chi connectivity index (χ0n) is 22.3. The van der Waals surface area contributed by atoms with E-state index in [0.717, 1.165) is 17.1 Å². The minimum absolute atomic E-state index is 0.215. The summed E-state index contributed by atoms with van der Waals surface area (Å²) in [6.07, 6.45) is 0. The van der Waals surface area contributed by atoms with E-state index in [1.807, 2.05) is 0 Å². The van der Waals surface area contributed by atoms with Gasteiger partial charge in [0.1, 0.15) is 0 Å². The van der Waals surface area contributed by atoms with Crippen LogP contribution in [-0.2, 0) is 0 Å². The maximum atomic E-state index is 2.45. The van der Waals surface area contributed by atoms with Crippen LogP contribution in [0.25, 0.3) is 11.1 Å². The summed E-state index contributed by atoms with van der Waals surface area (Å²) < 4.78 is 0. The van der Waals surface area contributed by atoms with Crippen LogP contribution in [0.4, 0.5) is 34.1 Å². The van der Waals surface area contributed by atoms with Crippen LogP contribution in [0.15, 0.2) is 146 Å². The summed E-state index contributed by atoms with van der Waals surface area (Å²) in [6.45, 7) is 2.40. The predicted octanol–water partition coefficient (Wildman–Crippen LogP) is 7.74. The summed E-state index contributed by atoms with van der Waals surface area (Å²) in [5.41, 5.74) is 15.3. The zero-order valence-corrected chi connectivity index (χ0v) is 22.3. The van der Waals surface area contributed by atoms with E-state index in [1.165, 1.54) is 50.1 Å². The van der Waals surface area contributed by atoms with Crippen molar-refractivity contribution in [1.82, 2.24) is 0 Å². The Morgan fingerprint density at radius 2 is 1.15 bits per heavy atom. The monoisotopic (exact) mass is 510 g/mol. The van der Waals surface area contributed by atoms with Crippen molar-refractivity contribution in [1.29, 1.82) is 0 Å². The first-order valence-corrected chi connectivity index (χ1v) is 13.9. The molecule has 0 saturated heterocycles. The van der Waals surface area contributed by atoms with Gasteiger partial charge >= 0.3 is 0 Å². The first-order valence-electron chi connectivity index (χ1n) is 13.9. The Morgan fingerprint density at radius 1 is 0.500 bits per heavy atom. The topological polar surface area (TPSA) is 6.48 Å². The maximum absolute atomic E-state index is 2.45. The SMILES string of the molecule is Cc1ccc2c(c1)N(c1ccccc1)c1cccc3c1B2c1ccc(N(c2ccccc2)c2ccccc2)cc1-3. The molecule has 2 aliphatic heterocycles. The Bertz CT molecular complexity index is 1830. The van der Waals surface area contributed by atoms with Gasteiger partial charge in [-0.2, -0.15) is 0 Å². The fourth-order valence-corrected chi connectivity index (χ4v) is 6.61. The summed E-state index contributed by atoms with van der Waals surface area (Å²) in [7, 11) is 0. The highest BCUT2D eigenvalue weighted by Gasteiger charge is 2.42. The first-order chi connectivity index (χ1) is 19.8. The Kier molecular flexibility index (Phi) is 5.18. The molecule has 40 heavy (non-hydrogen) atoms. The summed E-state index contributed by atoms with van der Waals surface area (Å²) in [4.78, 5) is 4.80. The molecule has 0 aliphatic carbocycles. The van der Waals surface area contributed by atoms with Gasteiger partial charge in [-0.15, -0.1) is 0 Å². The van der Waals surface area contributed by atoms with Crippen LogP contribution in [0.5, 0.6) is 0 Å². The molecule has 0 bridgehead atoms. The number of anilines is 6. The van der Waals surface area contributed by atoms with Gasteiger partial charge in [0.15, 0.2) is 0 Å². The van der Waals surface area contributed by atoms with Gasteiger partial charge in [-0.25, -0.2) is 0 Å². The number of benzene rings is 6. The zero-order chi connectivity index (χ0) is 26.6. The summed E-state index contributed by atoms with van der Waals surface area (Å²) in [6, 6.07) is 52.9. The number of nitrogens with zero attached hydrogens (tertiary/aromatic N) is 2. The molecule has 0 spiro atoms. The van der Waals surface area contributed by atoms with E-state index in [1.54, 1.807) is 0 Å². The average Bonchev–Trinajstić information content (AvgIpc) is 3.34. The number of aryl methyl sites for hydroxylation is 1. The highest BCUT2D eigenvalue weighted by molar-refractivity contribution is 7.01. The molecule has 2 nitrogen and oxygen atoms in total. The third-order valence-electron chi connectivity index (χ3n) is 8.29. The normalized spacial score (nSPS) is 12.5. The van der Waals surface area contributed by atoms with Gasteiger partial charge in [0.2, 0.25) is 6.71 Å². The molecule has 2 heterocycles. The highest BCUT2D eigenvalue weighted by atomic mass is 15.2. The molecule has 3 heteroatoms. The van der Waals surface area contributed by atoms with Crippen molar-refractivity contribution >= 4 is 57.2 Å². The molecule has 2 aliphatic rings. The molecule has 0 atom stereocenters. The van der Waals surface area contributed by atoms with Crippen LogP contribution in [-0.4, -0.2) is 6.71 Å². The van der Waals surface area contributed by atoms with Gasteiger partial charge in [-0.1, -0.05) is 90.4 Å². The van der Waals surface area contributed by atoms with E-state index >= 15 is 0 Å². The number of para-hydroxylation sites is 3. The molecule has 6 aromatic rings. The number of hydrogen-bond acceptors (Lipinski definition) is 2. The first kappa shape index (κ1) is 22.9. The number of hydrogen-bond donors (Lipinski definition) is 0. The average molecular weight is 510 g/mol. The van der Waals surface area contributed by atoms with Crippen molar-refractivity contribution in [3.05, 3.63) is 151 Å². The second-order valence-electron chi connectivity index (χ2n) is 10.7. The van der Waals surface area contributed by atoms with Crippen LogP contribution in [0.2, 0.25) is 0 Å². The predicted molar refractivity (Wildman–Crippen MR) is 171 cm³/mol. The van der Waals surface area contributed by atoms with E-state index in [-0.39, 0.29) is 6.71 Å². The van der Waals surface area contributed by atoms with Crippen molar-refractivity contribution in [3.63, 3.8) is 0 Å². The van der Waals surface area contributed by atoms with Crippen LogP contribution < -0.4 is 26.2 Å². The standard InChI is InChI=1S/C37H27BN2/c1-26-20-22-34-36(24-26)40(29-16-9-4-10-17-29)35-19-11-18-31-32-25-30(21-23-33(32)38(34)37(31)35)39(27-12-5-2-6-13-27)28-14-7-3-8-15-28/h2-25H,1H3. The fraction of sp³-hybridized carbons (Fsp3) is 0.0270. The molecule has 0 fully saturated rings. The smallest absolute Gasteiger partial charge is 0.248 e. The van der Waals surface area contributed by atoms with Gasteiger partial charge in [-0.3, -0.25) is 0 Å². The quantitative estimate of drug-likeness (QED) is 0.224. The summed E-state index contributed by atoms with van der Waals surface area (Å²) in [5, 5.41) is 0. The van der Waals surface area contributed by atoms with Crippen LogP contribution in [0, 0.1) is 6.92 Å². The Labute approximate surface area is 235 Å². The third-order valence-corrected chi connectivity index (χ3v) is 8.29. The molecule has 188 valence electrons. The van der Waals surface area contributed by atoms with Crippen LogP contribution in [0.1, 0.15) is 5.56 Å². The molecule has 0 N–H and O–H groups in total. The van der Waals surface area contributed by atoms with E-state index in [9.17, 15) is 0 Å². The lowest BCUT2D eigenvalue weighted by atomic mass is 9.37. The Balaban J connectivity index is 1.36. The summed E-state index contributed by atoms with van der Waals surface area (Å²) >= 11 is 0. The Hall–Kier alpha value is -5.02. The third kappa shape index (κ3) is 3.44. The molecular weight excluding hydrogens is 483 g/mol. The molecule has 8 rings (SSSR count). The highest BCUT2D eigenvalue weighted by Crippen LogP contribution is 2.42. The van der Waals surface area contributed by atoms with Crippen molar-refractivity contribution in [2.75, 3.05) is 9.80 Å². The van der Waals surface area contributed by atoms with Gasteiger partial charge < -0.3 is 9.80 Å². The molecular formula is C37H27BN2. The second-order valence-corrected chi connectivity index (χ2v) is 10.7. The van der Waals surface area contributed by atoms with Gasteiger partial charge in [0, 0.05) is 34.1 Å². The second kappa shape index (κ2) is 9.03. The molecule has 6 aromatic carbocycles. The van der Waals surface area contributed by atoms with Gasteiger partial charge in [0.05, 0.1) is 0 Å². The van der Waals surface area contributed by atoms with Crippen LogP contribution >= 0.6 is 0 Å². The van der Waals surface area contributed by atoms with Crippen molar-refractivity contribution < 1.29 is 0 Å². The Morgan fingerprint density at radius 3 is 1.85 bits per heavy atom. The van der Waals surface area contributed by atoms with Crippen molar-refractivity contribution in [2.45, 2.75) is 6.92 Å². The van der Waals surface area contributed by atoms with Crippen molar-refractivity contribution in [3.8, 4) is 11.1 Å².